The van der Waals surface area contributed by atoms with Crippen molar-refractivity contribution in [1.82, 2.24) is 9.88 Å². The summed E-state index contributed by atoms with van der Waals surface area (Å²) in [5, 5.41) is 3.02. The Hall–Kier alpha value is -2.12. The third-order valence-corrected chi connectivity index (χ3v) is 5.27. The van der Waals surface area contributed by atoms with Crippen LogP contribution < -0.4 is 11.1 Å². The van der Waals surface area contributed by atoms with Gasteiger partial charge in [0.2, 0.25) is 5.91 Å². The Kier molecular flexibility index (Phi) is 5.31. The Bertz CT molecular complexity index is 867. The lowest BCUT2D eigenvalue weighted by Crippen LogP contribution is -2.50. The molecule has 0 spiro atoms. The normalized spacial score (nSPS) is 22.9. The molecule has 2 heterocycles. The van der Waals surface area contributed by atoms with Crippen LogP contribution in [-0.2, 0) is 20.8 Å². The summed E-state index contributed by atoms with van der Waals surface area (Å²) >= 11 is 0. The zero-order valence-electron chi connectivity index (χ0n) is 15.6. The van der Waals surface area contributed by atoms with E-state index in [0.717, 1.165) is 24.1 Å². The maximum atomic E-state index is 12.4. The standard InChI is InChI=1S/C20H26N2O5/c1-13-2-5-18-16(10-13)22(20(24)27-18)8-6-19(23)21-15-12-25-9-7-17(15)26-11-14-3-4-14/h2,5,10,14-15,17H,3-4,6-9,11-12H2,1H3,(H,21,23)/t15-,17+/m1/s1. The van der Waals surface area contributed by atoms with Crippen LogP contribution >= 0.6 is 0 Å². The first kappa shape index (κ1) is 18.3. The lowest BCUT2D eigenvalue weighted by Gasteiger charge is -2.32. The molecule has 146 valence electrons. The van der Waals surface area contributed by atoms with Crippen LogP contribution in [0.5, 0.6) is 0 Å². The average molecular weight is 374 g/mol. The van der Waals surface area contributed by atoms with Crippen molar-refractivity contribution in [2.24, 2.45) is 5.92 Å². The van der Waals surface area contributed by atoms with Crippen LogP contribution in [0.2, 0.25) is 0 Å². The highest BCUT2D eigenvalue weighted by atomic mass is 16.5. The number of benzene rings is 1. The molecule has 7 nitrogen and oxygen atoms in total. The Balaban J connectivity index is 1.35. The van der Waals surface area contributed by atoms with E-state index in [1.807, 2.05) is 19.1 Å². The van der Waals surface area contributed by atoms with E-state index < -0.39 is 5.76 Å². The second-order valence-corrected chi connectivity index (χ2v) is 7.59. The molecule has 1 aliphatic heterocycles. The van der Waals surface area contributed by atoms with Gasteiger partial charge in [-0.1, -0.05) is 6.07 Å². The van der Waals surface area contributed by atoms with Crippen molar-refractivity contribution in [1.29, 1.82) is 0 Å². The maximum absolute atomic E-state index is 12.4. The topological polar surface area (TPSA) is 82.7 Å². The Morgan fingerprint density at radius 3 is 3.00 bits per heavy atom. The first-order valence-corrected chi connectivity index (χ1v) is 9.69. The third kappa shape index (κ3) is 4.42. The van der Waals surface area contributed by atoms with Gasteiger partial charge in [0.05, 0.1) is 24.3 Å². The molecule has 1 saturated carbocycles. The first-order chi connectivity index (χ1) is 13.1. The predicted molar refractivity (Wildman–Crippen MR) is 99.7 cm³/mol. The zero-order chi connectivity index (χ0) is 18.8. The van der Waals surface area contributed by atoms with Gasteiger partial charge in [0, 0.05) is 26.2 Å². The van der Waals surface area contributed by atoms with Gasteiger partial charge in [-0.15, -0.1) is 0 Å². The predicted octanol–water partition coefficient (Wildman–Crippen LogP) is 1.99. The van der Waals surface area contributed by atoms with Crippen LogP contribution in [0.25, 0.3) is 11.1 Å². The minimum atomic E-state index is -0.435. The van der Waals surface area contributed by atoms with E-state index >= 15 is 0 Å². The van der Waals surface area contributed by atoms with E-state index in [1.165, 1.54) is 17.4 Å². The fourth-order valence-corrected chi connectivity index (χ4v) is 3.47. The average Bonchev–Trinajstić information content (AvgIpc) is 3.42. The van der Waals surface area contributed by atoms with Crippen molar-refractivity contribution < 1.29 is 18.7 Å². The summed E-state index contributed by atoms with van der Waals surface area (Å²) in [6, 6.07) is 5.44. The van der Waals surface area contributed by atoms with Crippen molar-refractivity contribution in [3.05, 3.63) is 34.3 Å². The lowest BCUT2D eigenvalue weighted by atomic mass is 10.1. The second-order valence-electron chi connectivity index (χ2n) is 7.59. The van der Waals surface area contributed by atoms with E-state index in [9.17, 15) is 9.59 Å². The summed E-state index contributed by atoms with van der Waals surface area (Å²) in [4.78, 5) is 24.5. The molecule has 1 N–H and O–H groups in total. The van der Waals surface area contributed by atoms with Gasteiger partial charge in [-0.3, -0.25) is 9.36 Å². The molecule has 0 radical (unpaired) electrons. The van der Waals surface area contributed by atoms with Gasteiger partial charge in [0.25, 0.3) is 0 Å². The molecule has 0 bridgehead atoms. The Morgan fingerprint density at radius 2 is 2.19 bits per heavy atom. The van der Waals surface area contributed by atoms with Crippen molar-refractivity contribution >= 4 is 17.0 Å². The molecule has 1 amide bonds. The number of fused-ring (bicyclic) bond motifs is 1. The lowest BCUT2D eigenvalue weighted by molar-refractivity contribution is -0.126. The molecule has 4 rings (SSSR count). The SMILES string of the molecule is Cc1ccc2oc(=O)n(CCC(=O)N[C@@H]3COCC[C@@H]3OCC3CC3)c2c1. The second kappa shape index (κ2) is 7.86. The monoisotopic (exact) mass is 374 g/mol. The molecular weight excluding hydrogens is 348 g/mol. The molecule has 7 heteroatoms. The number of nitrogens with zero attached hydrogens (tertiary/aromatic N) is 1. The van der Waals surface area contributed by atoms with E-state index in [0.29, 0.717) is 24.7 Å². The van der Waals surface area contributed by atoms with Crippen LogP contribution in [0.15, 0.2) is 27.4 Å². The molecular formula is C20H26N2O5. The number of hydrogen-bond donors (Lipinski definition) is 1. The number of oxazole rings is 1. The zero-order valence-corrected chi connectivity index (χ0v) is 15.6. The summed E-state index contributed by atoms with van der Waals surface area (Å²) in [6.07, 6.45) is 3.49. The fraction of sp³-hybridized carbons (Fsp3) is 0.600. The number of aryl methyl sites for hydroxylation is 2. The number of hydrogen-bond acceptors (Lipinski definition) is 5. The van der Waals surface area contributed by atoms with Gasteiger partial charge in [-0.25, -0.2) is 4.79 Å². The van der Waals surface area contributed by atoms with Gasteiger partial charge < -0.3 is 19.2 Å². The highest BCUT2D eigenvalue weighted by molar-refractivity contribution is 5.77. The molecule has 1 aromatic heterocycles. The highest BCUT2D eigenvalue weighted by Crippen LogP contribution is 2.30. The number of carbonyl (C=O) groups is 1. The van der Waals surface area contributed by atoms with Gasteiger partial charge in [-0.2, -0.15) is 0 Å². The highest BCUT2D eigenvalue weighted by Gasteiger charge is 2.30. The molecule has 2 aromatic rings. The molecule has 1 aromatic carbocycles. The Labute approximate surface area is 157 Å². The molecule has 2 aliphatic rings. The van der Waals surface area contributed by atoms with Crippen LogP contribution in [-0.4, -0.2) is 42.4 Å². The summed E-state index contributed by atoms with van der Waals surface area (Å²) in [6.45, 7) is 4.14. The molecule has 0 unspecified atom stereocenters. The largest absolute Gasteiger partial charge is 0.419 e. The van der Waals surface area contributed by atoms with Crippen molar-refractivity contribution in [3.63, 3.8) is 0 Å². The first-order valence-electron chi connectivity index (χ1n) is 9.69. The molecule has 1 aliphatic carbocycles. The van der Waals surface area contributed by atoms with Crippen molar-refractivity contribution in [2.45, 2.75) is 51.3 Å². The smallest absolute Gasteiger partial charge is 0.408 e. The van der Waals surface area contributed by atoms with Gasteiger partial charge >= 0.3 is 5.76 Å². The Morgan fingerprint density at radius 1 is 1.33 bits per heavy atom. The van der Waals surface area contributed by atoms with E-state index in [-0.39, 0.29) is 31.0 Å². The van der Waals surface area contributed by atoms with Gasteiger partial charge in [0.1, 0.15) is 0 Å². The van der Waals surface area contributed by atoms with Crippen molar-refractivity contribution in [3.8, 4) is 0 Å². The molecule has 2 atom stereocenters. The van der Waals surface area contributed by atoms with E-state index in [4.69, 9.17) is 13.9 Å². The number of rotatable bonds is 7. The number of amides is 1. The summed E-state index contributed by atoms with van der Waals surface area (Å²) in [5.74, 6) is 0.142. The summed E-state index contributed by atoms with van der Waals surface area (Å²) in [7, 11) is 0. The molecule has 2 fully saturated rings. The van der Waals surface area contributed by atoms with E-state index in [1.54, 1.807) is 6.07 Å². The third-order valence-electron chi connectivity index (χ3n) is 5.27. The van der Waals surface area contributed by atoms with Crippen LogP contribution in [0.4, 0.5) is 0 Å². The summed E-state index contributed by atoms with van der Waals surface area (Å²) < 4.78 is 18.3. The van der Waals surface area contributed by atoms with Gasteiger partial charge in [0.15, 0.2) is 5.58 Å². The number of ether oxygens (including phenoxy) is 2. The van der Waals surface area contributed by atoms with E-state index in [2.05, 4.69) is 5.32 Å². The molecule has 1 saturated heterocycles. The van der Waals surface area contributed by atoms with Crippen LogP contribution in [0, 0.1) is 12.8 Å². The number of aromatic nitrogens is 1. The van der Waals surface area contributed by atoms with Gasteiger partial charge in [-0.05, 0) is 49.8 Å². The fourth-order valence-electron chi connectivity index (χ4n) is 3.47. The van der Waals surface area contributed by atoms with Crippen LogP contribution in [0.1, 0.15) is 31.2 Å². The maximum Gasteiger partial charge on any atom is 0.419 e. The quantitative estimate of drug-likeness (QED) is 0.801. The minimum Gasteiger partial charge on any atom is -0.408 e. The number of nitrogens with one attached hydrogen (secondary N) is 1. The molecule has 27 heavy (non-hydrogen) atoms. The van der Waals surface area contributed by atoms with Crippen LogP contribution in [0.3, 0.4) is 0 Å². The summed E-state index contributed by atoms with van der Waals surface area (Å²) in [5.41, 5.74) is 2.30. The minimum absolute atomic E-state index is 0.00317. The van der Waals surface area contributed by atoms with Crippen molar-refractivity contribution in [2.75, 3.05) is 19.8 Å². The number of carbonyl (C=O) groups excluding carboxylic acids is 1.